The summed E-state index contributed by atoms with van der Waals surface area (Å²) >= 11 is 0. The molecule has 1 aliphatic carbocycles. The number of carbonyl (C=O) groups is 2. The van der Waals surface area contributed by atoms with Gasteiger partial charge in [-0.15, -0.1) is 0 Å². The summed E-state index contributed by atoms with van der Waals surface area (Å²) in [5.74, 6) is -0.369. The monoisotopic (exact) mass is 352 g/mol. The molecule has 1 amide bonds. The molecule has 4 aliphatic heterocycles. The van der Waals surface area contributed by atoms with Gasteiger partial charge in [-0.05, 0) is 43.7 Å². The van der Waals surface area contributed by atoms with Gasteiger partial charge in [-0.1, -0.05) is 29.8 Å². The molecule has 26 heavy (non-hydrogen) atoms. The Morgan fingerprint density at radius 1 is 1.31 bits per heavy atom. The molecule has 4 bridgehead atoms. The van der Waals surface area contributed by atoms with Crippen LogP contribution in [0.2, 0.25) is 0 Å². The van der Waals surface area contributed by atoms with E-state index >= 15 is 0 Å². The second-order valence-corrected chi connectivity index (χ2v) is 8.04. The predicted octanol–water partition coefficient (Wildman–Crippen LogP) is 2.62. The fourth-order valence-electron chi connectivity index (χ4n) is 5.91. The molecular formula is C21H24N2O3. The summed E-state index contributed by atoms with van der Waals surface area (Å²) in [7, 11) is 1.46. The topological polar surface area (TPSA) is 58.6 Å². The first-order chi connectivity index (χ1) is 12.6. The van der Waals surface area contributed by atoms with Crippen molar-refractivity contribution in [2.75, 3.05) is 25.5 Å². The molecule has 4 heterocycles. The summed E-state index contributed by atoms with van der Waals surface area (Å²) in [5.41, 5.74) is 2.07. The largest absolute Gasteiger partial charge is 0.469 e. The van der Waals surface area contributed by atoms with E-state index in [9.17, 15) is 9.59 Å². The lowest BCUT2D eigenvalue weighted by Gasteiger charge is -2.49. The molecule has 5 heteroatoms. The van der Waals surface area contributed by atoms with Crippen molar-refractivity contribution in [3.63, 3.8) is 0 Å². The molecule has 2 spiro atoms. The summed E-state index contributed by atoms with van der Waals surface area (Å²) < 4.78 is 5.22. The smallest absolute Gasteiger partial charge is 0.311 e. The number of benzene rings is 1. The van der Waals surface area contributed by atoms with E-state index in [4.69, 9.17) is 4.74 Å². The number of anilines is 1. The highest BCUT2D eigenvalue weighted by Crippen LogP contribution is 2.60. The summed E-state index contributed by atoms with van der Waals surface area (Å²) in [6.45, 7) is 1.57. The van der Waals surface area contributed by atoms with Gasteiger partial charge in [0.05, 0.1) is 18.6 Å². The van der Waals surface area contributed by atoms with Gasteiger partial charge in [-0.25, -0.2) is 0 Å². The standard InChI is InChI=1S/C21H24N2O3/c1-26-18(24)16-13-14-5-4-11-23-12-10-20(19(23)25)15-6-2-3-7-17(15)22-21(16,20)9-8-14/h2-3,6-8,16,22H,4-5,9-13H2,1H3/t16-,20-,21-/m1/s1. The summed E-state index contributed by atoms with van der Waals surface area (Å²) in [6.07, 6.45) is 6.32. The van der Waals surface area contributed by atoms with Crippen LogP contribution in [-0.4, -0.2) is 42.5 Å². The van der Waals surface area contributed by atoms with Crippen molar-refractivity contribution >= 4 is 17.6 Å². The maximum Gasteiger partial charge on any atom is 0.311 e. The van der Waals surface area contributed by atoms with Gasteiger partial charge < -0.3 is 15.0 Å². The van der Waals surface area contributed by atoms with Gasteiger partial charge in [0.1, 0.15) is 5.41 Å². The van der Waals surface area contributed by atoms with Crippen LogP contribution >= 0.6 is 0 Å². The number of nitrogens with one attached hydrogen (secondary N) is 1. The first-order valence-electron chi connectivity index (χ1n) is 9.55. The third kappa shape index (κ3) is 1.76. The fourth-order valence-corrected chi connectivity index (χ4v) is 5.91. The minimum atomic E-state index is -0.679. The predicted molar refractivity (Wildman–Crippen MR) is 97.7 cm³/mol. The number of hydrogen-bond acceptors (Lipinski definition) is 4. The normalized spacial score (nSPS) is 34.7. The number of ether oxygens (including phenoxy) is 1. The van der Waals surface area contributed by atoms with Crippen molar-refractivity contribution in [3.8, 4) is 0 Å². The Morgan fingerprint density at radius 3 is 3.00 bits per heavy atom. The Kier molecular flexibility index (Phi) is 3.27. The Balaban J connectivity index is 1.79. The molecule has 0 saturated carbocycles. The molecule has 0 aromatic heterocycles. The number of allylic oxidation sites excluding steroid dienone is 1. The van der Waals surface area contributed by atoms with Gasteiger partial charge in [-0.3, -0.25) is 9.59 Å². The molecule has 5 nitrogen and oxygen atoms in total. The molecular weight excluding hydrogens is 328 g/mol. The number of hydrogen-bond donors (Lipinski definition) is 1. The SMILES string of the molecule is COC(=O)[C@H]1CC2=CC[C@@]13Nc1ccccc1[C@@]31CCN(CCC2)C1=O. The van der Waals surface area contributed by atoms with E-state index in [-0.39, 0.29) is 17.8 Å². The van der Waals surface area contributed by atoms with E-state index < -0.39 is 11.0 Å². The minimum absolute atomic E-state index is 0.183. The number of carbonyl (C=O) groups excluding carboxylic acids is 2. The molecule has 1 aromatic carbocycles. The highest BCUT2D eigenvalue weighted by Gasteiger charge is 2.69. The molecule has 6 rings (SSSR count). The maximum absolute atomic E-state index is 13.7. The number of fused-ring (bicyclic) bond motifs is 5. The number of amides is 1. The molecule has 0 radical (unpaired) electrons. The van der Waals surface area contributed by atoms with Gasteiger partial charge >= 0.3 is 5.97 Å². The van der Waals surface area contributed by atoms with Gasteiger partial charge in [0, 0.05) is 18.8 Å². The first kappa shape index (κ1) is 15.9. The van der Waals surface area contributed by atoms with Crippen molar-refractivity contribution in [1.82, 2.24) is 4.90 Å². The average Bonchev–Trinajstić information content (AvgIpc) is 3.13. The minimum Gasteiger partial charge on any atom is -0.469 e. The maximum atomic E-state index is 13.7. The van der Waals surface area contributed by atoms with E-state index in [2.05, 4.69) is 17.5 Å². The zero-order valence-electron chi connectivity index (χ0n) is 15.1. The Morgan fingerprint density at radius 2 is 2.15 bits per heavy atom. The third-order valence-corrected chi connectivity index (χ3v) is 7.10. The first-order valence-corrected chi connectivity index (χ1v) is 9.55. The van der Waals surface area contributed by atoms with Crippen LogP contribution in [0.1, 0.15) is 37.7 Å². The lowest BCUT2D eigenvalue weighted by Crippen LogP contribution is -2.63. The molecule has 2 saturated heterocycles. The van der Waals surface area contributed by atoms with Crippen LogP contribution in [0, 0.1) is 5.92 Å². The summed E-state index contributed by atoms with van der Waals surface area (Å²) in [6, 6.07) is 8.10. The molecule has 5 aliphatic rings. The van der Waals surface area contributed by atoms with Crippen LogP contribution < -0.4 is 5.32 Å². The number of methoxy groups -OCH3 is 1. The van der Waals surface area contributed by atoms with Crippen LogP contribution in [0.5, 0.6) is 0 Å². The van der Waals surface area contributed by atoms with Gasteiger partial charge in [-0.2, -0.15) is 0 Å². The molecule has 0 unspecified atom stereocenters. The number of nitrogens with zero attached hydrogens (tertiary/aromatic N) is 1. The van der Waals surface area contributed by atoms with E-state index in [1.165, 1.54) is 12.7 Å². The van der Waals surface area contributed by atoms with Crippen LogP contribution in [0.3, 0.4) is 0 Å². The van der Waals surface area contributed by atoms with Gasteiger partial charge in [0.2, 0.25) is 5.91 Å². The fraction of sp³-hybridized carbons (Fsp3) is 0.524. The molecule has 2 fully saturated rings. The van der Waals surface area contributed by atoms with E-state index in [1.807, 2.05) is 23.1 Å². The Hall–Kier alpha value is -2.30. The number of rotatable bonds is 1. The van der Waals surface area contributed by atoms with Crippen molar-refractivity contribution in [3.05, 3.63) is 41.5 Å². The molecule has 1 aromatic rings. The van der Waals surface area contributed by atoms with Gasteiger partial charge in [0.25, 0.3) is 0 Å². The average molecular weight is 352 g/mol. The number of para-hydroxylation sites is 1. The van der Waals surface area contributed by atoms with Crippen molar-refractivity contribution in [2.45, 2.75) is 43.1 Å². The zero-order valence-corrected chi connectivity index (χ0v) is 15.1. The number of esters is 1. The van der Waals surface area contributed by atoms with Crippen LogP contribution in [-0.2, 0) is 19.7 Å². The van der Waals surface area contributed by atoms with Crippen molar-refractivity contribution in [1.29, 1.82) is 0 Å². The lowest BCUT2D eigenvalue weighted by atomic mass is 9.56. The summed E-state index contributed by atoms with van der Waals surface area (Å²) in [5, 5.41) is 3.67. The van der Waals surface area contributed by atoms with Crippen LogP contribution in [0.25, 0.3) is 0 Å². The molecule has 1 N–H and O–H groups in total. The Bertz CT molecular complexity index is 832. The van der Waals surface area contributed by atoms with E-state index in [0.717, 1.165) is 43.6 Å². The van der Waals surface area contributed by atoms with Gasteiger partial charge in [0.15, 0.2) is 0 Å². The van der Waals surface area contributed by atoms with Crippen LogP contribution in [0.4, 0.5) is 5.69 Å². The van der Waals surface area contributed by atoms with E-state index in [0.29, 0.717) is 12.8 Å². The van der Waals surface area contributed by atoms with E-state index in [1.54, 1.807) is 0 Å². The third-order valence-electron chi connectivity index (χ3n) is 7.10. The Labute approximate surface area is 153 Å². The highest BCUT2D eigenvalue weighted by atomic mass is 16.5. The van der Waals surface area contributed by atoms with Crippen LogP contribution in [0.15, 0.2) is 35.9 Å². The second kappa shape index (κ2) is 5.35. The highest BCUT2D eigenvalue weighted by molar-refractivity contribution is 5.98. The summed E-state index contributed by atoms with van der Waals surface area (Å²) in [4.78, 5) is 28.6. The molecule has 136 valence electrons. The quantitative estimate of drug-likeness (QED) is 0.624. The second-order valence-electron chi connectivity index (χ2n) is 8.04. The van der Waals surface area contributed by atoms with Crippen molar-refractivity contribution < 1.29 is 14.3 Å². The molecule has 3 atom stereocenters. The van der Waals surface area contributed by atoms with Crippen molar-refractivity contribution in [2.24, 2.45) is 5.92 Å². The zero-order chi connectivity index (χ0) is 17.9. The lowest BCUT2D eigenvalue weighted by molar-refractivity contribution is -0.150.